The van der Waals surface area contributed by atoms with Gasteiger partial charge in [-0.3, -0.25) is 0 Å². The van der Waals surface area contributed by atoms with Crippen molar-refractivity contribution in [1.82, 2.24) is 0 Å². The van der Waals surface area contributed by atoms with Crippen molar-refractivity contribution in [3.05, 3.63) is 0 Å². The highest BCUT2D eigenvalue weighted by Crippen LogP contribution is 2.14. The van der Waals surface area contributed by atoms with E-state index in [0.29, 0.717) is 0 Å². The monoisotopic (exact) mass is 374 g/mol. The van der Waals surface area contributed by atoms with Gasteiger partial charge in [-0.05, 0) is 24.3 Å². The molecule has 24 heavy (non-hydrogen) atoms. The Morgan fingerprint density at radius 3 is 0.958 bits per heavy atom. The van der Waals surface area contributed by atoms with Gasteiger partial charge >= 0.3 is 0 Å². The van der Waals surface area contributed by atoms with Crippen molar-refractivity contribution in [2.45, 2.75) is 117 Å². The van der Waals surface area contributed by atoms with Gasteiger partial charge in [0.1, 0.15) is 0 Å². The fraction of sp³-hybridized carbons (Fsp3) is 1.00. The first-order valence-corrected chi connectivity index (χ1v) is 13.4. The van der Waals surface area contributed by atoms with Crippen LogP contribution in [0.3, 0.4) is 0 Å². The number of rotatable bonds is 21. The number of unbranched alkanes of at least 4 members (excludes halogenated alkanes) is 14. The van der Waals surface area contributed by atoms with Gasteiger partial charge < -0.3 is 0 Å². The number of hydrogen-bond donors (Lipinski definition) is 0. The van der Waals surface area contributed by atoms with Crippen LogP contribution in [0.15, 0.2) is 0 Å². The van der Waals surface area contributed by atoms with Crippen LogP contribution in [-0.2, 0) is 0 Å². The highest BCUT2D eigenvalue weighted by Gasteiger charge is 1.95. The molecule has 0 aromatic rings. The summed E-state index contributed by atoms with van der Waals surface area (Å²) in [5.74, 6) is 5.54. The Hall–Kier alpha value is 0.700. The van der Waals surface area contributed by atoms with Crippen LogP contribution in [0.4, 0.5) is 0 Å². The summed E-state index contributed by atoms with van der Waals surface area (Å²) in [5.41, 5.74) is 0. The van der Waals surface area contributed by atoms with Gasteiger partial charge in [0.15, 0.2) is 0 Å². The molecule has 0 amide bonds. The minimum absolute atomic E-state index is 1.37. The van der Waals surface area contributed by atoms with E-state index in [0.717, 1.165) is 0 Å². The molecule has 0 aromatic heterocycles. The molecule has 0 heterocycles. The molecule has 0 aliphatic rings. The second-order valence-electron chi connectivity index (χ2n) is 7.17. The van der Waals surface area contributed by atoms with Crippen LogP contribution in [0.25, 0.3) is 0 Å². The third-order valence-electron chi connectivity index (χ3n) is 4.66. The lowest BCUT2D eigenvalue weighted by atomic mass is 10.1. The highest BCUT2D eigenvalue weighted by atomic mass is 32.2. The van der Waals surface area contributed by atoms with Gasteiger partial charge in [-0.15, -0.1) is 0 Å². The Morgan fingerprint density at radius 2 is 0.625 bits per heavy atom. The molecule has 0 bridgehead atoms. The van der Waals surface area contributed by atoms with Crippen LogP contribution in [-0.4, -0.2) is 23.0 Å². The van der Waals surface area contributed by atoms with Gasteiger partial charge in [-0.25, -0.2) is 0 Å². The van der Waals surface area contributed by atoms with Gasteiger partial charge in [0.2, 0.25) is 0 Å². The van der Waals surface area contributed by atoms with Gasteiger partial charge in [0.25, 0.3) is 0 Å². The molecule has 0 nitrogen and oxygen atoms in total. The number of thioether (sulfide) groups is 2. The van der Waals surface area contributed by atoms with Crippen molar-refractivity contribution in [3.63, 3.8) is 0 Å². The maximum atomic E-state index is 2.30. The molecule has 0 N–H and O–H groups in total. The van der Waals surface area contributed by atoms with Gasteiger partial charge in [0, 0.05) is 11.5 Å². The second kappa shape index (κ2) is 23.7. The Balaban J connectivity index is 2.93. The molecule has 0 saturated carbocycles. The van der Waals surface area contributed by atoms with Crippen molar-refractivity contribution >= 4 is 23.5 Å². The molecule has 0 aliphatic heterocycles. The highest BCUT2D eigenvalue weighted by molar-refractivity contribution is 8.02. The van der Waals surface area contributed by atoms with Crippen LogP contribution in [0, 0.1) is 0 Å². The standard InChI is InChI=1S/C22H46S2/c1-3-5-7-9-11-13-15-17-19-23-21-22-24-20-18-16-14-12-10-8-6-4-2/h3-22H2,1-2H3. The Labute approximate surface area is 163 Å². The first-order chi connectivity index (χ1) is 11.9. The molecule has 0 unspecified atom stereocenters. The van der Waals surface area contributed by atoms with Crippen molar-refractivity contribution in [2.75, 3.05) is 23.0 Å². The summed E-state index contributed by atoms with van der Waals surface area (Å²) in [4.78, 5) is 0. The number of hydrogen-bond acceptors (Lipinski definition) is 2. The van der Waals surface area contributed by atoms with Crippen molar-refractivity contribution < 1.29 is 0 Å². The molecule has 0 spiro atoms. The largest absolute Gasteiger partial charge is 0.161 e. The summed E-state index contributed by atoms with van der Waals surface area (Å²) in [6.45, 7) is 4.59. The molecule has 0 aliphatic carbocycles. The van der Waals surface area contributed by atoms with E-state index in [2.05, 4.69) is 37.4 Å². The Bertz CT molecular complexity index is 184. The van der Waals surface area contributed by atoms with Crippen LogP contribution in [0.2, 0.25) is 0 Å². The maximum Gasteiger partial charge on any atom is 0.00235 e. The first-order valence-electron chi connectivity index (χ1n) is 11.1. The molecular weight excluding hydrogens is 328 g/mol. The van der Waals surface area contributed by atoms with Crippen LogP contribution >= 0.6 is 23.5 Å². The van der Waals surface area contributed by atoms with E-state index in [1.807, 2.05) is 0 Å². The van der Waals surface area contributed by atoms with Crippen molar-refractivity contribution in [2.24, 2.45) is 0 Å². The lowest BCUT2D eigenvalue weighted by Gasteiger charge is -2.04. The molecule has 0 aromatic carbocycles. The molecule has 0 atom stereocenters. The average molecular weight is 375 g/mol. The quantitative estimate of drug-likeness (QED) is 0.184. The van der Waals surface area contributed by atoms with E-state index in [1.165, 1.54) is 126 Å². The Morgan fingerprint density at radius 1 is 0.333 bits per heavy atom. The molecule has 146 valence electrons. The average Bonchev–Trinajstić information content (AvgIpc) is 2.60. The molecule has 2 heteroatoms. The lowest BCUT2D eigenvalue weighted by Crippen LogP contribution is -1.90. The maximum absolute atomic E-state index is 2.30. The fourth-order valence-corrected chi connectivity index (χ4v) is 5.17. The third-order valence-corrected chi connectivity index (χ3v) is 7.06. The predicted molar refractivity (Wildman–Crippen MR) is 120 cm³/mol. The summed E-state index contributed by atoms with van der Waals surface area (Å²) < 4.78 is 0. The van der Waals surface area contributed by atoms with Gasteiger partial charge in [0.05, 0.1) is 0 Å². The topological polar surface area (TPSA) is 0 Å². The van der Waals surface area contributed by atoms with E-state index in [9.17, 15) is 0 Å². The summed E-state index contributed by atoms with van der Waals surface area (Å²) in [5, 5.41) is 0. The van der Waals surface area contributed by atoms with E-state index < -0.39 is 0 Å². The summed E-state index contributed by atoms with van der Waals surface area (Å²) in [6, 6.07) is 0. The molecular formula is C22H46S2. The Kier molecular flexibility index (Phi) is 24.4. The van der Waals surface area contributed by atoms with Gasteiger partial charge in [-0.2, -0.15) is 23.5 Å². The molecule has 0 rings (SSSR count). The zero-order valence-corrected chi connectivity index (χ0v) is 18.6. The van der Waals surface area contributed by atoms with E-state index in [-0.39, 0.29) is 0 Å². The van der Waals surface area contributed by atoms with Gasteiger partial charge in [-0.1, -0.05) is 104 Å². The van der Waals surface area contributed by atoms with E-state index in [1.54, 1.807) is 0 Å². The van der Waals surface area contributed by atoms with Crippen LogP contribution in [0.5, 0.6) is 0 Å². The zero-order chi connectivity index (χ0) is 17.6. The van der Waals surface area contributed by atoms with Crippen molar-refractivity contribution in [1.29, 1.82) is 0 Å². The minimum atomic E-state index is 1.37. The van der Waals surface area contributed by atoms with Crippen LogP contribution in [0.1, 0.15) is 117 Å². The summed E-state index contributed by atoms with van der Waals surface area (Å²) in [6.07, 6.45) is 23.2. The minimum Gasteiger partial charge on any atom is -0.161 e. The lowest BCUT2D eigenvalue weighted by molar-refractivity contribution is 0.586. The smallest absolute Gasteiger partial charge is 0.00235 e. The van der Waals surface area contributed by atoms with E-state index >= 15 is 0 Å². The molecule has 0 fully saturated rings. The van der Waals surface area contributed by atoms with Crippen LogP contribution < -0.4 is 0 Å². The first kappa shape index (κ1) is 24.7. The zero-order valence-electron chi connectivity index (χ0n) is 17.0. The summed E-state index contributed by atoms with van der Waals surface area (Å²) >= 11 is 4.37. The third kappa shape index (κ3) is 22.7. The second-order valence-corrected chi connectivity index (χ2v) is 9.62. The normalized spacial score (nSPS) is 11.2. The molecule has 0 saturated heterocycles. The molecule has 0 radical (unpaired) electrons. The van der Waals surface area contributed by atoms with Crippen molar-refractivity contribution in [3.8, 4) is 0 Å². The SMILES string of the molecule is CCCCCCCCCCSCCSCCCCCCCCCC. The predicted octanol–water partition coefficient (Wildman–Crippen LogP) is 8.73. The van der Waals surface area contributed by atoms with E-state index in [4.69, 9.17) is 0 Å². The summed E-state index contributed by atoms with van der Waals surface area (Å²) in [7, 11) is 0. The fourth-order valence-electron chi connectivity index (χ4n) is 3.00.